The number of hydrogen-bond donors (Lipinski definition) is 3. The highest BCUT2D eigenvalue weighted by atomic mass is 16.5. The predicted molar refractivity (Wildman–Crippen MR) is 105 cm³/mol. The zero-order valence-corrected chi connectivity index (χ0v) is 16.1. The second-order valence-corrected chi connectivity index (χ2v) is 7.36. The Morgan fingerprint density at radius 2 is 2.00 bits per heavy atom. The van der Waals surface area contributed by atoms with Crippen LogP contribution in [0.15, 0.2) is 29.3 Å². The van der Waals surface area contributed by atoms with Crippen molar-refractivity contribution in [2.75, 3.05) is 13.2 Å². The molecule has 6 nitrogen and oxygen atoms in total. The van der Waals surface area contributed by atoms with Crippen LogP contribution in [0.5, 0.6) is 5.75 Å². The first-order valence-corrected chi connectivity index (χ1v) is 9.51. The van der Waals surface area contributed by atoms with Crippen molar-refractivity contribution in [3.05, 3.63) is 29.8 Å². The summed E-state index contributed by atoms with van der Waals surface area (Å²) >= 11 is 0. The number of nitrogens with two attached hydrogens (primary N) is 1. The standard InChI is InChI=1S/C20H32N4O2/c1-4-22-20(24-17-9-14(2)8-15(3)10-17)23-12-16-6-5-7-18(11-16)26-13-19(21)25/h5-7,11,14-15,17H,4,8-10,12-13H2,1-3H3,(H2,21,25)(H2,22,23,24). The van der Waals surface area contributed by atoms with Gasteiger partial charge in [-0.1, -0.05) is 26.0 Å². The lowest BCUT2D eigenvalue weighted by Crippen LogP contribution is -2.46. The Morgan fingerprint density at radius 1 is 1.27 bits per heavy atom. The third kappa shape index (κ3) is 6.94. The van der Waals surface area contributed by atoms with Crippen LogP contribution in [0.1, 0.15) is 45.6 Å². The summed E-state index contributed by atoms with van der Waals surface area (Å²) in [6.07, 6.45) is 3.68. The van der Waals surface area contributed by atoms with Gasteiger partial charge in [-0.15, -0.1) is 0 Å². The van der Waals surface area contributed by atoms with Crippen LogP contribution in [-0.4, -0.2) is 31.1 Å². The number of guanidine groups is 1. The highest BCUT2D eigenvalue weighted by molar-refractivity contribution is 5.80. The van der Waals surface area contributed by atoms with Gasteiger partial charge >= 0.3 is 0 Å². The van der Waals surface area contributed by atoms with Crippen LogP contribution in [0.3, 0.4) is 0 Å². The predicted octanol–water partition coefficient (Wildman–Crippen LogP) is 2.43. The third-order valence-electron chi connectivity index (χ3n) is 4.56. The van der Waals surface area contributed by atoms with Gasteiger partial charge in [-0.05, 0) is 55.7 Å². The summed E-state index contributed by atoms with van der Waals surface area (Å²) < 4.78 is 5.35. The number of aliphatic imine (C=N–C) groups is 1. The summed E-state index contributed by atoms with van der Waals surface area (Å²) in [4.78, 5) is 15.6. The van der Waals surface area contributed by atoms with E-state index in [1.807, 2.05) is 24.3 Å². The Hall–Kier alpha value is -2.24. The lowest BCUT2D eigenvalue weighted by atomic mass is 9.80. The van der Waals surface area contributed by atoms with Crippen LogP contribution in [0, 0.1) is 11.8 Å². The van der Waals surface area contributed by atoms with E-state index in [4.69, 9.17) is 15.5 Å². The fourth-order valence-electron chi connectivity index (χ4n) is 3.64. The monoisotopic (exact) mass is 360 g/mol. The molecule has 2 unspecified atom stereocenters. The van der Waals surface area contributed by atoms with Gasteiger partial charge in [-0.2, -0.15) is 0 Å². The molecule has 1 aromatic rings. The normalized spacial score (nSPS) is 23.3. The maximum atomic E-state index is 10.8. The van der Waals surface area contributed by atoms with Gasteiger partial charge in [0.25, 0.3) is 5.91 Å². The van der Waals surface area contributed by atoms with Gasteiger partial charge in [-0.25, -0.2) is 4.99 Å². The fourth-order valence-corrected chi connectivity index (χ4v) is 3.64. The zero-order chi connectivity index (χ0) is 18.9. The molecule has 0 saturated heterocycles. The fraction of sp³-hybridized carbons (Fsp3) is 0.600. The molecule has 0 spiro atoms. The van der Waals surface area contributed by atoms with Gasteiger partial charge in [0.1, 0.15) is 5.75 Å². The van der Waals surface area contributed by atoms with Crippen molar-refractivity contribution in [2.45, 2.75) is 52.6 Å². The highest BCUT2D eigenvalue weighted by Gasteiger charge is 2.24. The molecule has 0 aromatic heterocycles. The molecule has 2 atom stereocenters. The van der Waals surface area contributed by atoms with Gasteiger partial charge in [0.05, 0.1) is 6.54 Å². The van der Waals surface area contributed by atoms with E-state index in [0.29, 0.717) is 18.3 Å². The molecule has 1 fully saturated rings. The number of rotatable bonds is 7. The summed E-state index contributed by atoms with van der Waals surface area (Å²) in [5, 5.41) is 6.92. The molecule has 1 saturated carbocycles. The third-order valence-corrected chi connectivity index (χ3v) is 4.56. The smallest absolute Gasteiger partial charge is 0.255 e. The summed E-state index contributed by atoms with van der Waals surface area (Å²) in [6.45, 7) is 7.97. The van der Waals surface area contributed by atoms with Crippen LogP contribution < -0.4 is 21.1 Å². The second-order valence-electron chi connectivity index (χ2n) is 7.36. The first kappa shape index (κ1) is 20.1. The van der Waals surface area contributed by atoms with Crippen molar-refractivity contribution in [3.8, 4) is 5.75 Å². The van der Waals surface area contributed by atoms with E-state index < -0.39 is 5.91 Å². The number of carbonyl (C=O) groups excluding carboxylic acids is 1. The number of hydrogen-bond acceptors (Lipinski definition) is 3. The molecule has 144 valence electrons. The topological polar surface area (TPSA) is 88.7 Å². The number of nitrogens with one attached hydrogen (secondary N) is 2. The van der Waals surface area contributed by atoms with Crippen molar-refractivity contribution in [1.82, 2.24) is 10.6 Å². The van der Waals surface area contributed by atoms with Crippen LogP contribution in [-0.2, 0) is 11.3 Å². The van der Waals surface area contributed by atoms with Crippen molar-refractivity contribution in [3.63, 3.8) is 0 Å². The minimum Gasteiger partial charge on any atom is -0.484 e. The first-order chi connectivity index (χ1) is 12.5. The van der Waals surface area contributed by atoms with Gasteiger partial charge in [-0.3, -0.25) is 4.79 Å². The van der Waals surface area contributed by atoms with Gasteiger partial charge in [0, 0.05) is 12.6 Å². The van der Waals surface area contributed by atoms with Crippen LogP contribution in [0.2, 0.25) is 0 Å². The average Bonchev–Trinajstić information content (AvgIpc) is 2.57. The van der Waals surface area contributed by atoms with E-state index in [1.165, 1.54) is 19.3 Å². The van der Waals surface area contributed by atoms with E-state index in [9.17, 15) is 4.79 Å². The van der Waals surface area contributed by atoms with E-state index in [2.05, 4.69) is 31.4 Å². The van der Waals surface area contributed by atoms with Crippen LogP contribution >= 0.6 is 0 Å². The Bertz CT molecular complexity index is 608. The van der Waals surface area contributed by atoms with Crippen molar-refractivity contribution < 1.29 is 9.53 Å². The number of amides is 1. The van der Waals surface area contributed by atoms with E-state index in [-0.39, 0.29) is 6.61 Å². The minimum absolute atomic E-state index is 0.116. The Kier molecular flexibility index (Phi) is 7.75. The molecule has 1 amide bonds. The molecule has 2 rings (SSSR count). The molecule has 4 N–H and O–H groups in total. The quantitative estimate of drug-likeness (QED) is 0.515. The number of benzene rings is 1. The second kappa shape index (κ2) is 10.0. The summed E-state index contributed by atoms with van der Waals surface area (Å²) in [7, 11) is 0. The Labute approximate surface area is 156 Å². The van der Waals surface area contributed by atoms with E-state index >= 15 is 0 Å². The molecule has 0 bridgehead atoms. The summed E-state index contributed by atoms with van der Waals surface area (Å²) in [5.74, 6) is 2.49. The Morgan fingerprint density at radius 3 is 2.65 bits per heavy atom. The molecule has 1 aliphatic carbocycles. The summed E-state index contributed by atoms with van der Waals surface area (Å²) in [6, 6.07) is 8.06. The van der Waals surface area contributed by atoms with Crippen LogP contribution in [0.4, 0.5) is 0 Å². The number of nitrogens with zero attached hydrogens (tertiary/aromatic N) is 1. The van der Waals surface area contributed by atoms with E-state index in [1.54, 1.807) is 0 Å². The minimum atomic E-state index is -0.483. The molecule has 6 heteroatoms. The van der Waals surface area contributed by atoms with Gasteiger partial charge in [0.2, 0.25) is 0 Å². The highest BCUT2D eigenvalue weighted by Crippen LogP contribution is 2.28. The molecular weight excluding hydrogens is 328 g/mol. The molecule has 1 aliphatic rings. The lowest BCUT2D eigenvalue weighted by molar-refractivity contribution is -0.119. The largest absolute Gasteiger partial charge is 0.484 e. The van der Waals surface area contributed by atoms with Gasteiger partial charge in [0.15, 0.2) is 12.6 Å². The number of ether oxygens (including phenoxy) is 1. The van der Waals surface area contributed by atoms with E-state index in [0.717, 1.165) is 29.9 Å². The van der Waals surface area contributed by atoms with Crippen molar-refractivity contribution in [1.29, 1.82) is 0 Å². The first-order valence-electron chi connectivity index (χ1n) is 9.51. The zero-order valence-electron chi connectivity index (χ0n) is 16.1. The molecule has 0 heterocycles. The van der Waals surface area contributed by atoms with Crippen molar-refractivity contribution >= 4 is 11.9 Å². The lowest BCUT2D eigenvalue weighted by Gasteiger charge is -2.32. The summed E-state index contributed by atoms with van der Waals surface area (Å²) in [5.41, 5.74) is 6.14. The number of carbonyl (C=O) groups is 1. The van der Waals surface area contributed by atoms with Crippen LogP contribution in [0.25, 0.3) is 0 Å². The Balaban J connectivity index is 1.97. The maximum absolute atomic E-state index is 10.8. The average molecular weight is 361 g/mol. The maximum Gasteiger partial charge on any atom is 0.255 e. The molecule has 26 heavy (non-hydrogen) atoms. The van der Waals surface area contributed by atoms with Gasteiger partial charge < -0.3 is 21.1 Å². The molecule has 0 aliphatic heterocycles. The molecular formula is C20H32N4O2. The van der Waals surface area contributed by atoms with Crippen molar-refractivity contribution in [2.24, 2.45) is 22.6 Å². The molecule has 1 aromatic carbocycles. The molecule has 0 radical (unpaired) electrons. The number of primary amides is 1. The SMILES string of the molecule is CCNC(=NCc1cccc(OCC(N)=O)c1)NC1CC(C)CC(C)C1.